The first kappa shape index (κ1) is 13.0. The van der Waals surface area contributed by atoms with Crippen LogP contribution in [0.25, 0.3) is 0 Å². The van der Waals surface area contributed by atoms with Gasteiger partial charge in [0, 0.05) is 18.8 Å². The Bertz CT molecular complexity index is 287. The van der Waals surface area contributed by atoms with Gasteiger partial charge in [0.05, 0.1) is 5.75 Å². The van der Waals surface area contributed by atoms with Crippen LogP contribution in [0.2, 0.25) is 0 Å². The molecule has 1 N–H and O–H groups in total. The lowest BCUT2D eigenvalue weighted by atomic mass is 9.78. The molecule has 3 atom stereocenters. The molecule has 0 radical (unpaired) electrons. The van der Waals surface area contributed by atoms with Gasteiger partial charge < -0.3 is 5.32 Å². The molecule has 1 rings (SSSR count). The average Bonchev–Trinajstić information content (AvgIpc) is 2.10. The summed E-state index contributed by atoms with van der Waals surface area (Å²) < 4.78 is 22.0. The summed E-state index contributed by atoms with van der Waals surface area (Å²) in [6.45, 7) is 5.15. The molecule has 3 nitrogen and oxygen atoms in total. The standard InChI is InChI=1S/C11H23NO2S/c1-9-5-4-6-11(10(9)2)12-7-8-15(3,13)14/h9-12H,4-8H2,1-3H3. The van der Waals surface area contributed by atoms with E-state index in [0.717, 1.165) is 5.92 Å². The molecular formula is C11H23NO2S. The Balaban J connectivity index is 2.32. The van der Waals surface area contributed by atoms with Crippen LogP contribution in [0.15, 0.2) is 0 Å². The third kappa shape index (κ3) is 4.51. The average molecular weight is 233 g/mol. The number of nitrogens with one attached hydrogen (secondary N) is 1. The van der Waals surface area contributed by atoms with Gasteiger partial charge in [-0.2, -0.15) is 0 Å². The van der Waals surface area contributed by atoms with Crippen LogP contribution in [0.1, 0.15) is 33.1 Å². The van der Waals surface area contributed by atoms with Crippen molar-refractivity contribution in [1.29, 1.82) is 0 Å². The first-order chi connectivity index (χ1) is 6.90. The van der Waals surface area contributed by atoms with Crippen molar-refractivity contribution in [2.75, 3.05) is 18.6 Å². The molecule has 90 valence electrons. The van der Waals surface area contributed by atoms with Gasteiger partial charge in [-0.1, -0.05) is 26.7 Å². The smallest absolute Gasteiger partial charge is 0.148 e. The lowest BCUT2D eigenvalue weighted by Crippen LogP contribution is -2.42. The summed E-state index contributed by atoms with van der Waals surface area (Å²) in [5.74, 6) is 1.68. The maximum atomic E-state index is 11.0. The van der Waals surface area contributed by atoms with E-state index < -0.39 is 9.84 Å². The van der Waals surface area contributed by atoms with E-state index >= 15 is 0 Å². The molecule has 1 saturated carbocycles. The SMILES string of the molecule is CC1CCCC(NCCS(C)(=O)=O)C1C. The van der Waals surface area contributed by atoms with Crippen molar-refractivity contribution in [1.82, 2.24) is 5.32 Å². The highest BCUT2D eigenvalue weighted by atomic mass is 32.2. The highest BCUT2D eigenvalue weighted by Crippen LogP contribution is 2.29. The predicted molar refractivity (Wildman–Crippen MR) is 63.7 cm³/mol. The summed E-state index contributed by atoms with van der Waals surface area (Å²) in [6.07, 6.45) is 5.06. The summed E-state index contributed by atoms with van der Waals surface area (Å²) in [7, 11) is -2.82. The van der Waals surface area contributed by atoms with Crippen LogP contribution < -0.4 is 5.32 Å². The van der Waals surface area contributed by atoms with E-state index in [1.54, 1.807) is 0 Å². The van der Waals surface area contributed by atoms with E-state index in [1.807, 2.05) is 0 Å². The van der Waals surface area contributed by atoms with E-state index in [9.17, 15) is 8.42 Å². The molecule has 1 aliphatic rings. The molecule has 1 fully saturated rings. The Morgan fingerprint density at radius 2 is 1.93 bits per heavy atom. The van der Waals surface area contributed by atoms with Crippen LogP contribution in [0.3, 0.4) is 0 Å². The fourth-order valence-corrected chi connectivity index (χ4v) is 2.79. The molecule has 4 heteroatoms. The van der Waals surface area contributed by atoms with Crippen LogP contribution in [0.5, 0.6) is 0 Å². The first-order valence-electron chi connectivity index (χ1n) is 5.81. The molecule has 0 saturated heterocycles. The van der Waals surface area contributed by atoms with E-state index in [-0.39, 0.29) is 5.75 Å². The number of sulfone groups is 1. The van der Waals surface area contributed by atoms with E-state index in [4.69, 9.17) is 0 Å². The maximum Gasteiger partial charge on any atom is 0.148 e. The van der Waals surface area contributed by atoms with Gasteiger partial charge in [0.25, 0.3) is 0 Å². The van der Waals surface area contributed by atoms with Crippen LogP contribution in [0, 0.1) is 11.8 Å². The van der Waals surface area contributed by atoms with Crippen LogP contribution in [-0.4, -0.2) is 33.0 Å². The van der Waals surface area contributed by atoms with Crippen molar-refractivity contribution in [3.8, 4) is 0 Å². The quantitative estimate of drug-likeness (QED) is 0.799. The minimum atomic E-state index is -2.82. The second-order valence-electron chi connectivity index (χ2n) is 4.96. The zero-order valence-electron chi connectivity index (χ0n) is 9.99. The van der Waals surface area contributed by atoms with Crippen molar-refractivity contribution < 1.29 is 8.42 Å². The van der Waals surface area contributed by atoms with Crippen LogP contribution in [-0.2, 0) is 9.84 Å². The lowest BCUT2D eigenvalue weighted by Gasteiger charge is -2.34. The Hall–Kier alpha value is -0.0900. The highest BCUT2D eigenvalue weighted by molar-refractivity contribution is 7.90. The Morgan fingerprint density at radius 1 is 1.27 bits per heavy atom. The molecule has 0 aromatic rings. The van der Waals surface area contributed by atoms with Gasteiger partial charge in [-0.3, -0.25) is 0 Å². The molecule has 0 aromatic carbocycles. The second-order valence-corrected chi connectivity index (χ2v) is 7.22. The monoisotopic (exact) mass is 233 g/mol. The van der Waals surface area contributed by atoms with E-state index in [1.165, 1.54) is 25.5 Å². The van der Waals surface area contributed by atoms with Crippen LogP contribution >= 0.6 is 0 Å². The maximum absolute atomic E-state index is 11.0. The minimum absolute atomic E-state index is 0.255. The third-order valence-electron chi connectivity index (χ3n) is 3.59. The lowest BCUT2D eigenvalue weighted by molar-refractivity contribution is 0.209. The molecule has 0 aliphatic heterocycles. The highest BCUT2D eigenvalue weighted by Gasteiger charge is 2.26. The fourth-order valence-electron chi connectivity index (χ4n) is 2.30. The molecule has 0 bridgehead atoms. The number of hydrogen-bond donors (Lipinski definition) is 1. The molecule has 0 amide bonds. The van der Waals surface area contributed by atoms with Crippen molar-refractivity contribution in [2.24, 2.45) is 11.8 Å². The van der Waals surface area contributed by atoms with Gasteiger partial charge in [0.2, 0.25) is 0 Å². The molecule has 0 heterocycles. The Labute approximate surface area is 93.6 Å². The van der Waals surface area contributed by atoms with Gasteiger partial charge in [0.1, 0.15) is 9.84 Å². The summed E-state index contributed by atoms with van der Waals surface area (Å²) in [4.78, 5) is 0. The van der Waals surface area contributed by atoms with Crippen molar-refractivity contribution in [2.45, 2.75) is 39.2 Å². The molecule has 0 spiro atoms. The minimum Gasteiger partial charge on any atom is -0.313 e. The van der Waals surface area contributed by atoms with Crippen molar-refractivity contribution in [3.63, 3.8) is 0 Å². The van der Waals surface area contributed by atoms with Crippen molar-refractivity contribution in [3.05, 3.63) is 0 Å². The van der Waals surface area contributed by atoms with E-state index in [0.29, 0.717) is 18.5 Å². The predicted octanol–water partition coefficient (Wildman–Crippen LogP) is 1.45. The Morgan fingerprint density at radius 3 is 2.53 bits per heavy atom. The van der Waals surface area contributed by atoms with Gasteiger partial charge in [0.15, 0.2) is 0 Å². The molecule has 3 unspecified atom stereocenters. The summed E-state index contributed by atoms with van der Waals surface area (Å²) in [5.41, 5.74) is 0. The molecular weight excluding hydrogens is 210 g/mol. The normalized spacial score (nSPS) is 32.9. The number of hydrogen-bond acceptors (Lipinski definition) is 3. The van der Waals surface area contributed by atoms with Crippen molar-refractivity contribution >= 4 is 9.84 Å². The molecule has 1 aliphatic carbocycles. The molecule has 15 heavy (non-hydrogen) atoms. The zero-order valence-corrected chi connectivity index (χ0v) is 10.8. The fraction of sp³-hybridized carbons (Fsp3) is 1.00. The van der Waals surface area contributed by atoms with Gasteiger partial charge >= 0.3 is 0 Å². The van der Waals surface area contributed by atoms with Gasteiger partial charge in [-0.05, 0) is 18.3 Å². The van der Waals surface area contributed by atoms with Gasteiger partial charge in [-0.15, -0.1) is 0 Å². The largest absolute Gasteiger partial charge is 0.313 e. The summed E-state index contributed by atoms with van der Waals surface area (Å²) in [5, 5.41) is 3.38. The number of rotatable bonds is 4. The third-order valence-corrected chi connectivity index (χ3v) is 4.53. The van der Waals surface area contributed by atoms with Gasteiger partial charge in [-0.25, -0.2) is 8.42 Å². The summed E-state index contributed by atoms with van der Waals surface area (Å²) in [6, 6.07) is 0.510. The Kier molecular flexibility index (Phi) is 4.59. The molecule has 0 aromatic heterocycles. The second kappa shape index (κ2) is 5.30. The topological polar surface area (TPSA) is 46.2 Å². The van der Waals surface area contributed by atoms with E-state index in [2.05, 4.69) is 19.2 Å². The van der Waals surface area contributed by atoms with Crippen LogP contribution in [0.4, 0.5) is 0 Å². The summed E-state index contributed by atoms with van der Waals surface area (Å²) >= 11 is 0. The first-order valence-corrected chi connectivity index (χ1v) is 7.87. The zero-order chi connectivity index (χ0) is 11.5.